The highest BCUT2D eigenvalue weighted by Crippen LogP contribution is 2.49. The van der Waals surface area contributed by atoms with Gasteiger partial charge < -0.3 is 19.1 Å². The average Bonchev–Trinajstić information content (AvgIpc) is 2.78. The summed E-state index contributed by atoms with van der Waals surface area (Å²) in [6.45, 7) is 0. The number of hydrogen-bond donors (Lipinski definition) is 1. The third-order valence-electron chi connectivity index (χ3n) is 4.66. The molecular formula is C21H23F3NO6P. The van der Waals surface area contributed by atoms with Crippen molar-refractivity contribution in [2.75, 3.05) is 21.3 Å². The minimum Gasteiger partial charge on any atom is -0.467 e. The second-order valence-electron chi connectivity index (χ2n) is 6.78. The van der Waals surface area contributed by atoms with Gasteiger partial charge in [-0.1, -0.05) is 24.3 Å². The molecule has 1 atom stereocenters. The first kappa shape index (κ1) is 25.6. The van der Waals surface area contributed by atoms with E-state index in [0.717, 1.165) is 19.2 Å². The Hall–Kier alpha value is -2.68. The van der Waals surface area contributed by atoms with E-state index in [4.69, 9.17) is 13.8 Å². The van der Waals surface area contributed by atoms with Gasteiger partial charge in [0.2, 0.25) is 0 Å². The van der Waals surface area contributed by atoms with Crippen LogP contribution >= 0.6 is 7.60 Å². The summed E-state index contributed by atoms with van der Waals surface area (Å²) in [4.78, 5) is 24.7. The van der Waals surface area contributed by atoms with Crippen LogP contribution in [0.25, 0.3) is 0 Å². The summed E-state index contributed by atoms with van der Waals surface area (Å²) in [7, 11) is 0.426. The van der Waals surface area contributed by atoms with Gasteiger partial charge in [0.15, 0.2) is 0 Å². The van der Waals surface area contributed by atoms with Crippen molar-refractivity contribution >= 4 is 19.5 Å². The molecule has 0 bridgehead atoms. The van der Waals surface area contributed by atoms with Crippen LogP contribution in [-0.2, 0) is 41.9 Å². The molecule has 0 radical (unpaired) electrons. The smallest absolute Gasteiger partial charge is 0.416 e. The van der Waals surface area contributed by atoms with Gasteiger partial charge in [-0.3, -0.25) is 9.36 Å². The normalized spacial score (nSPS) is 12.8. The van der Waals surface area contributed by atoms with E-state index in [1.165, 1.54) is 38.5 Å². The zero-order valence-electron chi connectivity index (χ0n) is 17.6. The molecule has 11 heteroatoms. The topological polar surface area (TPSA) is 90.9 Å². The average molecular weight is 473 g/mol. The molecule has 0 fully saturated rings. The second kappa shape index (κ2) is 10.8. The maximum atomic E-state index is 12.7. The van der Waals surface area contributed by atoms with Gasteiger partial charge in [-0.25, -0.2) is 4.79 Å². The van der Waals surface area contributed by atoms with Crippen molar-refractivity contribution in [2.24, 2.45) is 0 Å². The third kappa shape index (κ3) is 6.91. The molecule has 7 nitrogen and oxygen atoms in total. The lowest BCUT2D eigenvalue weighted by atomic mass is 10.0. The number of carbonyl (C=O) groups excluding carboxylic acids is 2. The van der Waals surface area contributed by atoms with Crippen molar-refractivity contribution in [3.63, 3.8) is 0 Å². The molecule has 1 N–H and O–H groups in total. The molecule has 0 aliphatic carbocycles. The lowest BCUT2D eigenvalue weighted by molar-refractivity contribution is -0.143. The van der Waals surface area contributed by atoms with Crippen LogP contribution in [0.15, 0.2) is 48.5 Å². The van der Waals surface area contributed by atoms with Crippen LogP contribution in [0, 0.1) is 0 Å². The van der Waals surface area contributed by atoms with E-state index < -0.39 is 37.3 Å². The molecule has 0 heterocycles. The molecule has 1 amide bonds. The monoisotopic (exact) mass is 473 g/mol. The van der Waals surface area contributed by atoms with Gasteiger partial charge in [-0.2, -0.15) is 13.2 Å². The van der Waals surface area contributed by atoms with Gasteiger partial charge >= 0.3 is 19.7 Å². The highest BCUT2D eigenvalue weighted by atomic mass is 31.2. The van der Waals surface area contributed by atoms with Crippen molar-refractivity contribution in [3.05, 3.63) is 70.8 Å². The Morgan fingerprint density at radius 3 is 1.94 bits per heavy atom. The van der Waals surface area contributed by atoms with Crippen molar-refractivity contribution in [1.82, 2.24) is 5.32 Å². The zero-order chi connectivity index (χ0) is 23.9. The standard InChI is InChI=1S/C21H23F3NO6P/c1-29-20(27)18(12-14-6-10-17(11-7-14)21(22,23)24)25-19(26)16-8-4-15(5-9-16)13-32(28,30-2)31-3/h4-11,18H,12-13H2,1-3H3,(H,25,26)/t18-/m0/s1. The minimum atomic E-state index is -4.47. The maximum Gasteiger partial charge on any atom is 0.416 e. The van der Waals surface area contributed by atoms with Crippen LogP contribution in [0.5, 0.6) is 0 Å². The van der Waals surface area contributed by atoms with E-state index in [2.05, 4.69) is 5.32 Å². The van der Waals surface area contributed by atoms with Gasteiger partial charge in [0.1, 0.15) is 6.04 Å². The number of alkyl halides is 3. The largest absolute Gasteiger partial charge is 0.467 e. The van der Waals surface area contributed by atoms with Crippen molar-refractivity contribution in [1.29, 1.82) is 0 Å². The van der Waals surface area contributed by atoms with Gasteiger partial charge in [0, 0.05) is 26.2 Å². The van der Waals surface area contributed by atoms with Crippen LogP contribution in [0.4, 0.5) is 13.2 Å². The number of benzene rings is 2. The number of amides is 1. The Bertz CT molecular complexity index is 969. The van der Waals surface area contributed by atoms with E-state index in [1.54, 1.807) is 12.1 Å². The minimum absolute atomic E-state index is 0.0145. The lowest BCUT2D eigenvalue weighted by Crippen LogP contribution is -2.43. The first-order chi connectivity index (χ1) is 15.0. The van der Waals surface area contributed by atoms with Crippen molar-refractivity contribution < 1.29 is 41.1 Å². The molecule has 2 aromatic carbocycles. The predicted molar refractivity (Wildman–Crippen MR) is 110 cm³/mol. The molecule has 0 saturated heterocycles. The van der Waals surface area contributed by atoms with Crippen LogP contribution in [-0.4, -0.2) is 39.2 Å². The van der Waals surface area contributed by atoms with Crippen LogP contribution in [0.1, 0.15) is 27.0 Å². The van der Waals surface area contributed by atoms with Crippen LogP contribution in [0.2, 0.25) is 0 Å². The fourth-order valence-electron chi connectivity index (χ4n) is 2.83. The van der Waals surface area contributed by atoms with Gasteiger partial charge in [0.25, 0.3) is 5.91 Å². The highest BCUT2D eigenvalue weighted by Gasteiger charge is 2.30. The predicted octanol–water partition coefficient (Wildman–Crippen LogP) is 4.21. The molecule has 0 aliphatic heterocycles. The summed E-state index contributed by atoms with van der Waals surface area (Å²) in [6.07, 6.45) is -4.51. The molecule has 0 aromatic heterocycles. The Morgan fingerprint density at radius 2 is 1.47 bits per heavy atom. The molecule has 174 valence electrons. The number of hydrogen-bond acceptors (Lipinski definition) is 6. The third-order valence-corrected chi connectivity index (χ3v) is 6.53. The summed E-state index contributed by atoms with van der Waals surface area (Å²) in [5.74, 6) is -1.32. The quantitative estimate of drug-likeness (QED) is 0.434. The summed E-state index contributed by atoms with van der Waals surface area (Å²) in [6, 6.07) is 9.29. The SMILES string of the molecule is COC(=O)[C@H](Cc1ccc(C(F)(F)F)cc1)NC(=O)c1ccc(CP(=O)(OC)OC)cc1. The number of carbonyl (C=O) groups is 2. The van der Waals surface area contributed by atoms with Gasteiger partial charge in [-0.05, 0) is 35.4 Å². The summed E-state index contributed by atoms with van der Waals surface area (Å²) in [5.41, 5.74) is 0.438. The Morgan fingerprint density at radius 1 is 0.938 bits per heavy atom. The summed E-state index contributed by atoms with van der Waals surface area (Å²) < 4.78 is 64.8. The Kier molecular flexibility index (Phi) is 8.60. The first-order valence-corrected chi connectivity index (χ1v) is 11.1. The highest BCUT2D eigenvalue weighted by molar-refractivity contribution is 7.52. The van der Waals surface area contributed by atoms with Gasteiger partial charge in [-0.15, -0.1) is 0 Å². The Balaban J connectivity index is 2.11. The molecule has 0 unspecified atom stereocenters. The van der Waals surface area contributed by atoms with E-state index in [0.29, 0.717) is 11.1 Å². The van der Waals surface area contributed by atoms with Crippen molar-refractivity contribution in [2.45, 2.75) is 24.8 Å². The van der Waals surface area contributed by atoms with E-state index in [1.807, 2.05) is 0 Å². The number of esters is 1. The van der Waals surface area contributed by atoms with Crippen LogP contribution < -0.4 is 5.32 Å². The molecule has 2 aromatic rings. The molecular weight excluding hydrogens is 450 g/mol. The fourth-order valence-corrected chi connectivity index (χ4v) is 3.90. The molecule has 0 saturated carbocycles. The molecule has 32 heavy (non-hydrogen) atoms. The molecule has 0 spiro atoms. The van der Waals surface area contributed by atoms with Crippen molar-refractivity contribution in [3.8, 4) is 0 Å². The summed E-state index contributed by atoms with van der Waals surface area (Å²) >= 11 is 0. The lowest BCUT2D eigenvalue weighted by Gasteiger charge is -2.17. The fraction of sp³-hybridized carbons (Fsp3) is 0.333. The van der Waals surface area contributed by atoms with Gasteiger partial charge in [0.05, 0.1) is 18.8 Å². The maximum absolute atomic E-state index is 12.7. The number of halogens is 3. The molecule has 2 rings (SSSR count). The number of nitrogens with one attached hydrogen (secondary N) is 1. The second-order valence-corrected chi connectivity index (χ2v) is 9.05. The van der Waals surface area contributed by atoms with E-state index in [9.17, 15) is 27.3 Å². The van der Waals surface area contributed by atoms with Crippen LogP contribution in [0.3, 0.4) is 0 Å². The zero-order valence-corrected chi connectivity index (χ0v) is 18.5. The first-order valence-electron chi connectivity index (χ1n) is 9.35. The van der Waals surface area contributed by atoms with E-state index in [-0.39, 0.29) is 18.1 Å². The van der Waals surface area contributed by atoms with E-state index >= 15 is 0 Å². The number of ether oxygens (including phenoxy) is 1. The molecule has 0 aliphatic rings. The number of rotatable bonds is 9. The number of methoxy groups -OCH3 is 1. The Labute approximate surface area is 183 Å². The summed E-state index contributed by atoms with van der Waals surface area (Å²) in [5, 5.41) is 2.53.